The fraction of sp³-hybridized carbons (Fsp3) is 0.500. The summed E-state index contributed by atoms with van der Waals surface area (Å²) in [5.74, 6) is 0.577. The van der Waals surface area contributed by atoms with Crippen LogP contribution in [-0.2, 0) is 0 Å². The van der Waals surface area contributed by atoms with E-state index in [1.807, 2.05) is 0 Å². The summed E-state index contributed by atoms with van der Waals surface area (Å²) in [5, 5.41) is 8.93. The van der Waals surface area contributed by atoms with Crippen molar-refractivity contribution < 1.29 is 9.50 Å². The Balaban J connectivity index is 2.82. The van der Waals surface area contributed by atoms with Crippen molar-refractivity contribution in [1.29, 1.82) is 0 Å². The van der Waals surface area contributed by atoms with Gasteiger partial charge in [0, 0.05) is 6.61 Å². The van der Waals surface area contributed by atoms with E-state index in [2.05, 4.69) is 13.8 Å². The third-order valence-electron chi connectivity index (χ3n) is 2.54. The van der Waals surface area contributed by atoms with Gasteiger partial charge >= 0.3 is 0 Å². The molecule has 1 nitrogen and oxygen atoms in total. The van der Waals surface area contributed by atoms with Crippen LogP contribution in [0.3, 0.4) is 0 Å². The van der Waals surface area contributed by atoms with Crippen LogP contribution < -0.4 is 0 Å². The largest absolute Gasteiger partial charge is 0.396 e. The number of aliphatic hydroxyl groups excluding tert-OH is 1. The SMILES string of the molecule is CC(C)C(CCO)c1ccc(F)cc1. The highest BCUT2D eigenvalue weighted by Gasteiger charge is 2.14. The first kappa shape index (κ1) is 11.2. The van der Waals surface area contributed by atoms with E-state index < -0.39 is 0 Å². The van der Waals surface area contributed by atoms with Gasteiger partial charge in [0.25, 0.3) is 0 Å². The number of rotatable bonds is 4. The van der Waals surface area contributed by atoms with Crippen LogP contribution in [0.4, 0.5) is 4.39 Å². The molecule has 78 valence electrons. The number of benzene rings is 1. The highest BCUT2D eigenvalue weighted by Crippen LogP contribution is 2.27. The third kappa shape index (κ3) is 2.81. The van der Waals surface area contributed by atoms with Crippen molar-refractivity contribution in [2.45, 2.75) is 26.2 Å². The van der Waals surface area contributed by atoms with E-state index in [9.17, 15) is 4.39 Å². The maximum atomic E-state index is 12.7. The lowest BCUT2D eigenvalue weighted by molar-refractivity contribution is 0.261. The van der Waals surface area contributed by atoms with E-state index in [1.165, 1.54) is 12.1 Å². The standard InChI is InChI=1S/C12H17FO/c1-9(2)12(7-8-14)10-3-5-11(13)6-4-10/h3-6,9,12,14H,7-8H2,1-2H3. The molecule has 1 aromatic rings. The molecule has 1 N–H and O–H groups in total. The fourth-order valence-corrected chi connectivity index (χ4v) is 1.73. The summed E-state index contributed by atoms with van der Waals surface area (Å²) < 4.78 is 12.7. The van der Waals surface area contributed by atoms with Gasteiger partial charge in [-0.05, 0) is 36.0 Å². The van der Waals surface area contributed by atoms with Crippen LogP contribution in [0.15, 0.2) is 24.3 Å². The normalized spacial score (nSPS) is 13.2. The molecule has 14 heavy (non-hydrogen) atoms. The number of hydrogen-bond donors (Lipinski definition) is 1. The molecule has 1 rings (SSSR count). The molecule has 0 bridgehead atoms. The second kappa shape index (κ2) is 5.11. The number of halogens is 1. The van der Waals surface area contributed by atoms with Crippen LogP contribution in [0.5, 0.6) is 0 Å². The van der Waals surface area contributed by atoms with Crippen molar-refractivity contribution in [3.63, 3.8) is 0 Å². The van der Waals surface area contributed by atoms with Gasteiger partial charge in [-0.15, -0.1) is 0 Å². The van der Waals surface area contributed by atoms with Gasteiger partial charge in [-0.2, -0.15) is 0 Å². The van der Waals surface area contributed by atoms with Crippen molar-refractivity contribution in [2.75, 3.05) is 6.61 Å². The first-order valence-electron chi connectivity index (χ1n) is 5.01. The van der Waals surface area contributed by atoms with Crippen molar-refractivity contribution in [3.8, 4) is 0 Å². The molecule has 0 aromatic heterocycles. The highest BCUT2D eigenvalue weighted by molar-refractivity contribution is 5.20. The zero-order valence-electron chi connectivity index (χ0n) is 8.70. The molecule has 2 heteroatoms. The van der Waals surface area contributed by atoms with Crippen LogP contribution in [0.25, 0.3) is 0 Å². The quantitative estimate of drug-likeness (QED) is 0.785. The second-order valence-electron chi connectivity index (χ2n) is 3.91. The summed E-state index contributed by atoms with van der Waals surface area (Å²) in [7, 11) is 0. The van der Waals surface area contributed by atoms with Gasteiger partial charge in [0.1, 0.15) is 5.82 Å². The zero-order chi connectivity index (χ0) is 10.6. The highest BCUT2D eigenvalue weighted by atomic mass is 19.1. The Kier molecular flexibility index (Phi) is 4.08. The molecule has 1 unspecified atom stereocenters. The van der Waals surface area contributed by atoms with Gasteiger partial charge in [0.2, 0.25) is 0 Å². The molecule has 0 radical (unpaired) electrons. The van der Waals surface area contributed by atoms with E-state index in [4.69, 9.17) is 5.11 Å². The lowest BCUT2D eigenvalue weighted by Crippen LogP contribution is -2.08. The fourth-order valence-electron chi connectivity index (χ4n) is 1.73. The molecule has 0 saturated heterocycles. The molecule has 1 aromatic carbocycles. The van der Waals surface area contributed by atoms with Crippen LogP contribution >= 0.6 is 0 Å². The van der Waals surface area contributed by atoms with Crippen molar-refractivity contribution in [3.05, 3.63) is 35.6 Å². The summed E-state index contributed by atoms with van der Waals surface area (Å²) in [6.45, 7) is 4.41. The van der Waals surface area contributed by atoms with Crippen LogP contribution in [0.1, 0.15) is 31.7 Å². The molecule has 0 saturated carbocycles. The van der Waals surface area contributed by atoms with E-state index in [1.54, 1.807) is 12.1 Å². The van der Waals surface area contributed by atoms with Gasteiger partial charge in [0.05, 0.1) is 0 Å². The Labute approximate surface area is 84.6 Å². The van der Waals surface area contributed by atoms with Crippen molar-refractivity contribution >= 4 is 0 Å². The molecule has 0 fully saturated rings. The summed E-state index contributed by atoms with van der Waals surface area (Å²) in [6.07, 6.45) is 0.739. The van der Waals surface area contributed by atoms with Crippen molar-refractivity contribution in [1.82, 2.24) is 0 Å². The third-order valence-corrected chi connectivity index (χ3v) is 2.54. The lowest BCUT2D eigenvalue weighted by atomic mass is 9.86. The van der Waals surface area contributed by atoms with E-state index in [0.29, 0.717) is 11.8 Å². The average Bonchev–Trinajstić information content (AvgIpc) is 2.15. The minimum Gasteiger partial charge on any atom is -0.396 e. The number of aliphatic hydroxyl groups is 1. The molecule has 0 aliphatic heterocycles. The predicted molar refractivity (Wildman–Crippen MR) is 55.7 cm³/mol. The Hall–Kier alpha value is -0.890. The van der Waals surface area contributed by atoms with Crippen LogP contribution in [0, 0.1) is 11.7 Å². The van der Waals surface area contributed by atoms with Crippen molar-refractivity contribution in [2.24, 2.45) is 5.92 Å². The maximum Gasteiger partial charge on any atom is 0.123 e. The monoisotopic (exact) mass is 196 g/mol. The molecule has 0 aliphatic rings. The van der Waals surface area contributed by atoms with Gasteiger partial charge in [-0.25, -0.2) is 4.39 Å². The topological polar surface area (TPSA) is 20.2 Å². The molecular weight excluding hydrogens is 179 g/mol. The Morgan fingerprint density at radius 2 is 1.79 bits per heavy atom. The predicted octanol–water partition coefficient (Wildman–Crippen LogP) is 2.95. The smallest absolute Gasteiger partial charge is 0.123 e. The molecule has 0 aliphatic carbocycles. The van der Waals surface area contributed by atoms with E-state index in [-0.39, 0.29) is 12.4 Å². The zero-order valence-corrected chi connectivity index (χ0v) is 8.70. The summed E-state index contributed by atoms with van der Waals surface area (Å²) in [4.78, 5) is 0. The summed E-state index contributed by atoms with van der Waals surface area (Å²) in [5.41, 5.74) is 1.11. The Morgan fingerprint density at radius 1 is 1.21 bits per heavy atom. The average molecular weight is 196 g/mol. The first-order chi connectivity index (χ1) is 6.65. The maximum absolute atomic E-state index is 12.7. The molecular formula is C12H17FO. The van der Waals surface area contributed by atoms with Crippen LogP contribution in [0.2, 0.25) is 0 Å². The summed E-state index contributed by atoms with van der Waals surface area (Å²) in [6, 6.07) is 6.55. The Morgan fingerprint density at radius 3 is 2.21 bits per heavy atom. The Bertz CT molecular complexity index is 266. The van der Waals surface area contributed by atoms with Gasteiger partial charge in [-0.3, -0.25) is 0 Å². The van der Waals surface area contributed by atoms with Gasteiger partial charge in [-0.1, -0.05) is 26.0 Å². The second-order valence-corrected chi connectivity index (χ2v) is 3.91. The summed E-state index contributed by atoms with van der Waals surface area (Å²) >= 11 is 0. The molecule has 0 spiro atoms. The lowest BCUT2D eigenvalue weighted by Gasteiger charge is -2.20. The number of hydrogen-bond acceptors (Lipinski definition) is 1. The molecule has 1 atom stereocenters. The van der Waals surface area contributed by atoms with E-state index in [0.717, 1.165) is 12.0 Å². The van der Waals surface area contributed by atoms with Crippen LogP contribution in [-0.4, -0.2) is 11.7 Å². The molecule has 0 heterocycles. The first-order valence-corrected chi connectivity index (χ1v) is 5.01. The van der Waals surface area contributed by atoms with E-state index >= 15 is 0 Å². The molecule has 0 amide bonds. The minimum atomic E-state index is -0.208. The van der Waals surface area contributed by atoms with Gasteiger partial charge in [0.15, 0.2) is 0 Å². The van der Waals surface area contributed by atoms with Gasteiger partial charge < -0.3 is 5.11 Å². The minimum absolute atomic E-state index is 0.181.